The number of carbonyl (C=O) groups is 1. The molecule has 2 aromatic rings. The summed E-state index contributed by atoms with van der Waals surface area (Å²) in [5.74, 6) is -0.536. The van der Waals surface area contributed by atoms with Crippen molar-refractivity contribution in [2.24, 2.45) is 0 Å². The van der Waals surface area contributed by atoms with Crippen LogP contribution in [-0.4, -0.2) is 44.9 Å². The maximum Gasteiger partial charge on any atom is 0.406 e. The Morgan fingerprint density at radius 1 is 1.21 bits per heavy atom. The van der Waals surface area contributed by atoms with E-state index in [1.54, 1.807) is 13.8 Å². The van der Waals surface area contributed by atoms with Gasteiger partial charge in [0.25, 0.3) is 0 Å². The molecule has 7 nitrogen and oxygen atoms in total. The molecule has 0 aliphatic carbocycles. The smallest absolute Gasteiger partial charge is 0.406 e. The molecule has 0 unspecified atom stereocenters. The summed E-state index contributed by atoms with van der Waals surface area (Å²) >= 11 is 0. The van der Waals surface area contributed by atoms with Crippen molar-refractivity contribution in [2.75, 3.05) is 11.9 Å². The third kappa shape index (κ3) is 6.66. The van der Waals surface area contributed by atoms with E-state index in [4.69, 9.17) is 9.47 Å². The van der Waals surface area contributed by atoms with E-state index in [0.29, 0.717) is 0 Å². The van der Waals surface area contributed by atoms with Crippen LogP contribution in [0.5, 0.6) is 5.88 Å². The van der Waals surface area contributed by atoms with Crippen molar-refractivity contribution in [3.8, 4) is 5.88 Å². The van der Waals surface area contributed by atoms with Crippen molar-refractivity contribution in [1.29, 1.82) is 0 Å². The summed E-state index contributed by atoms with van der Waals surface area (Å²) in [6.07, 6.45) is -4.72. The number of pyridine rings is 1. The Morgan fingerprint density at radius 3 is 2.46 bits per heavy atom. The van der Waals surface area contributed by atoms with Crippen LogP contribution >= 0.6 is 0 Å². The van der Waals surface area contributed by atoms with E-state index < -0.39 is 24.2 Å². The van der Waals surface area contributed by atoms with Crippen molar-refractivity contribution in [1.82, 2.24) is 14.5 Å². The lowest BCUT2D eigenvalue weighted by atomic mass is 10.2. The zero-order chi connectivity index (χ0) is 21.1. The van der Waals surface area contributed by atoms with Gasteiger partial charge in [0.05, 0.1) is 24.7 Å². The Kier molecular flexibility index (Phi) is 6.53. The van der Waals surface area contributed by atoms with Gasteiger partial charge in [0.2, 0.25) is 17.7 Å². The number of amides is 1. The number of anilines is 1. The molecule has 0 saturated heterocycles. The van der Waals surface area contributed by atoms with Gasteiger partial charge in [0, 0.05) is 6.07 Å². The second-order valence-corrected chi connectivity index (χ2v) is 7.55. The summed E-state index contributed by atoms with van der Waals surface area (Å²) in [4.78, 5) is 20.3. The van der Waals surface area contributed by atoms with Gasteiger partial charge >= 0.3 is 6.18 Å². The molecular formula is C18H25F3N4O3. The topological polar surface area (TPSA) is 78.3 Å². The summed E-state index contributed by atoms with van der Waals surface area (Å²) in [6.45, 7) is 7.89. The van der Waals surface area contributed by atoms with Gasteiger partial charge in [-0.25, -0.2) is 4.98 Å². The minimum absolute atomic E-state index is 0.0123. The van der Waals surface area contributed by atoms with Gasteiger partial charge in [-0.3, -0.25) is 14.7 Å². The van der Waals surface area contributed by atoms with Crippen LogP contribution in [0.1, 0.15) is 41.0 Å². The number of carbonyl (C=O) groups excluding carboxylic acids is 1. The SMILES string of the molecule is CC(C)Oc1ccc2nc(NC(=O)CCOC(C)(C)C)n(CC(F)(F)F)c2n1. The van der Waals surface area contributed by atoms with Crippen molar-refractivity contribution < 1.29 is 27.4 Å². The van der Waals surface area contributed by atoms with E-state index in [9.17, 15) is 18.0 Å². The maximum absolute atomic E-state index is 13.1. The quantitative estimate of drug-likeness (QED) is 0.759. The van der Waals surface area contributed by atoms with Gasteiger partial charge in [0.15, 0.2) is 5.65 Å². The number of aromatic nitrogens is 3. The lowest BCUT2D eigenvalue weighted by Crippen LogP contribution is -2.25. The highest BCUT2D eigenvalue weighted by Gasteiger charge is 2.31. The summed E-state index contributed by atoms with van der Waals surface area (Å²) in [7, 11) is 0. The molecule has 0 saturated carbocycles. The molecule has 0 aliphatic rings. The average molecular weight is 402 g/mol. The number of hydrogen-bond acceptors (Lipinski definition) is 5. The van der Waals surface area contributed by atoms with Crippen LogP contribution in [-0.2, 0) is 16.1 Å². The van der Waals surface area contributed by atoms with E-state index in [2.05, 4.69) is 15.3 Å². The molecule has 0 atom stereocenters. The second kappa shape index (κ2) is 8.34. The molecule has 0 spiro atoms. The number of imidazole rings is 1. The highest BCUT2D eigenvalue weighted by atomic mass is 19.4. The summed E-state index contributed by atoms with van der Waals surface area (Å²) < 4.78 is 50.9. The predicted octanol–water partition coefficient (Wildman–Crippen LogP) is 3.92. The molecule has 1 amide bonds. The normalized spacial score (nSPS) is 12.6. The van der Waals surface area contributed by atoms with E-state index >= 15 is 0 Å². The number of ether oxygens (including phenoxy) is 2. The number of alkyl halides is 3. The van der Waals surface area contributed by atoms with Crippen LogP contribution in [0.25, 0.3) is 11.2 Å². The first-order chi connectivity index (χ1) is 12.8. The van der Waals surface area contributed by atoms with Crippen molar-refractivity contribution in [2.45, 2.75) is 65.5 Å². The van der Waals surface area contributed by atoms with Crippen LogP contribution in [0.2, 0.25) is 0 Å². The predicted molar refractivity (Wildman–Crippen MR) is 98.3 cm³/mol. The molecule has 2 aromatic heterocycles. The van der Waals surface area contributed by atoms with Crippen molar-refractivity contribution in [3.63, 3.8) is 0 Å². The molecular weight excluding hydrogens is 377 g/mol. The molecule has 2 rings (SSSR count). The Morgan fingerprint density at radius 2 is 1.89 bits per heavy atom. The van der Waals surface area contributed by atoms with E-state index in [0.717, 1.165) is 4.57 Å². The highest BCUT2D eigenvalue weighted by Crippen LogP contribution is 2.26. The molecule has 0 radical (unpaired) electrons. The van der Waals surface area contributed by atoms with E-state index in [1.165, 1.54) is 12.1 Å². The van der Waals surface area contributed by atoms with Crippen molar-refractivity contribution in [3.05, 3.63) is 12.1 Å². The highest BCUT2D eigenvalue weighted by molar-refractivity contribution is 5.91. The van der Waals surface area contributed by atoms with Gasteiger partial charge in [-0.05, 0) is 40.7 Å². The van der Waals surface area contributed by atoms with Crippen LogP contribution in [0.15, 0.2) is 12.1 Å². The minimum atomic E-state index is -4.51. The third-order valence-corrected chi connectivity index (χ3v) is 3.38. The zero-order valence-corrected chi connectivity index (χ0v) is 16.6. The van der Waals surface area contributed by atoms with Gasteiger partial charge in [0.1, 0.15) is 12.1 Å². The fourth-order valence-corrected chi connectivity index (χ4v) is 2.35. The van der Waals surface area contributed by atoms with Crippen LogP contribution in [0.3, 0.4) is 0 Å². The molecule has 10 heteroatoms. The Hall–Kier alpha value is -2.36. The van der Waals surface area contributed by atoms with Crippen LogP contribution in [0, 0.1) is 0 Å². The number of hydrogen-bond donors (Lipinski definition) is 1. The molecule has 156 valence electrons. The Balaban J connectivity index is 2.27. The Labute approximate surface area is 161 Å². The maximum atomic E-state index is 13.1. The zero-order valence-electron chi connectivity index (χ0n) is 16.6. The molecule has 0 fully saturated rings. The lowest BCUT2D eigenvalue weighted by molar-refractivity contribution is -0.140. The number of halogens is 3. The third-order valence-electron chi connectivity index (χ3n) is 3.38. The van der Waals surface area contributed by atoms with E-state index in [-0.39, 0.29) is 42.1 Å². The van der Waals surface area contributed by atoms with Gasteiger partial charge in [-0.1, -0.05) is 0 Å². The summed E-state index contributed by atoms with van der Waals surface area (Å²) in [5, 5.41) is 2.42. The number of rotatable bonds is 7. The summed E-state index contributed by atoms with van der Waals surface area (Å²) in [6, 6.07) is 3.03. The monoisotopic (exact) mass is 402 g/mol. The largest absolute Gasteiger partial charge is 0.475 e. The van der Waals surface area contributed by atoms with Crippen LogP contribution < -0.4 is 10.1 Å². The first-order valence-corrected chi connectivity index (χ1v) is 8.88. The first-order valence-electron chi connectivity index (χ1n) is 8.88. The molecule has 28 heavy (non-hydrogen) atoms. The summed E-state index contributed by atoms with van der Waals surface area (Å²) in [5.41, 5.74) is -0.209. The van der Waals surface area contributed by atoms with E-state index in [1.807, 2.05) is 20.8 Å². The average Bonchev–Trinajstić information content (AvgIpc) is 2.81. The fourth-order valence-electron chi connectivity index (χ4n) is 2.35. The van der Waals surface area contributed by atoms with Crippen molar-refractivity contribution >= 4 is 23.0 Å². The molecule has 1 N–H and O–H groups in total. The molecule has 2 heterocycles. The molecule has 0 aromatic carbocycles. The standard InChI is InChI=1S/C18H25F3N4O3/c1-11(2)28-14-7-6-12-15(24-14)25(10-18(19,20)21)16(22-12)23-13(26)8-9-27-17(3,4)5/h6-7,11H,8-10H2,1-5H3,(H,22,23,26). The van der Waals surface area contributed by atoms with Gasteiger partial charge in [-0.15, -0.1) is 0 Å². The van der Waals surface area contributed by atoms with Crippen LogP contribution in [0.4, 0.5) is 19.1 Å². The van der Waals surface area contributed by atoms with Gasteiger partial charge in [-0.2, -0.15) is 18.2 Å². The minimum Gasteiger partial charge on any atom is -0.475 e. The number of fused-ring (bicyclic) bond motifs is 1. The number of nitrogens with one attached hydrogen (secondary N) is 1. The second-order valence-electron chi connectivity index (χ2n) is 7.55. The molecule has 0 bridgehead atoms. The van der Waals surface area contributed by atoms with Gasteiger partial charge < -0.3 is 9.47 Å². The fraction of sp³-hybridized carbons (Fsp3) is 0.611. The first kappa shape index (κ1) is 21.9. The molecule has 0 aliphatic heterocycles. The lowest BCUT2D eigenvalue weighted by Gasteiger charge is -2.19. The number of nitrogens with zero attached hydrogens (tertiary/aromatic N) is 3. The Bertz CT molecular complexity index is 826.